The molecule has 0 spiro atoms. The quantitative estimate of drug-likeness (QED) is 0.540. The topological polar surface area (TPSA) is 24.9 Å². The summed E-state index contributed by atoms with van der Waals surface area (Å²) in [4.78, 5) is 5.63. The van der Waals surface area contributed by atoms with Crippen LogP contribution in [0.1, 0.15) is 24.7 Å². The summed E-state index contributed by atoms with van der Waals surface area (Å²) in [5.41, 5.74) is 4.11. The molecule has 0 atom stereocenters. The summed E-state index contributed by atoms with van der Waals surface area (Å²) in [6.07, 6.45) is 5.00. The number of thiazole rings is 1. The maximum atomic E-state index is 7.71. The van der Waals surface area contributed by atoms with Crippen LogP contribution in [0, 0.1) is 26.3 Å². The molecule has 121 valence electrons. The first kappa shape index (κ1) is 17.8. The Morgan fingerprint density at radius 3 is 2.62 bits per heavy atom. The fourth-order valence-electron chi connectivity index (χ4n) is 1.98. The minimum absolute atomic E-state index is 0. The van der Waals surface area contributed by atoms with Crippen molar-refractivity contribution < 1.29 is 34.1 Å². The van der Waals surface area contributed by atoms with Crippen LogP contribution in [-0.4, -0.2) is 4.98 Å². The number of benzene rings is 2. The Labute approximate surface area is 175 Å². The van der Waals surface area contributed by atoms with Crippen LogP contribution in [0.4, 0.5) is 10.8 Å². The van der Waals surface area contributed by atoms with E-state index in [2.05, 4.69) is 22.8 Å². The number of nitrogens with zero attached hydrogens (tertiary/aromatic N) is 1. The van der Waals surface area contributed by atoms with Gasteiger partial charge in [-0.3, -0.25) is 0 Å². The van der Waals surface area contributed by atoms with Crippen molar-refractivity contribution in [3.8, 4) is 11.3 Å². The molecule has 0 bridgehead atoms. The molecule has 1 aliphatic carbocycles. The number of aromatic nitrogens is 1. The van der Waals surface area contributed by atoms with Gasteiger partial charge in [-0.05, 0) is 6.90 Å². The largest absolute Gasteiger partial charge is 0.385 e. The van der Waals surface area contributed by atoms with Crippen molar-refractivity contribution in [2.45, 2.75) is 26.7 Å². The van der Waals surface area contributed by atoms with E-state index in [0.29, 0.717) is 0 Å². The van der Waals surface area contributed by atoms with Gasteiger partial charge in [0.2, 0.25) is 0 Å². The molecule has 4 rings (SSSR count). The summed E-state index contributed by atoms with van der Waals surface area (Å²) < 4.78 is 7.71. The van der Waals surface area contributed by atoms with Crippen molar-refractivity contribution in [2.75, 3.05) is 5.32 Å². The molecule has 1 radical (unpaired) electrons. The molecule has 1 aromatic heterocycles. The van der Waals surface area contributed by atoms with Crippen molar-refractivity contribution in [1.82, 2.24) is 4.98 Å². The molecule has 2 aromatic carbocycles. The zero-order chi connectivity index (χ0) is 16.8. The Morgan fingerprint density at radius 1 is 1.25 bits per heavy atom. The number of hydrogen-bond acceptors (Lipinski definition) is 3. The summed E-state index contributed by atoms with van der Waals surface area (Å²) in [7, 11) is 0. The average molecular weight is 410 g/mol. The van der Waals surface area contributed by atoms with E-state index < -0.39 is 0 Å². The maximum Gasteiger partial charge on any atom is 0.176 e. The first-order chi connectivity index (χ1) is 11.8. The fourth-order valence-corrected chi connectivity index (χ4v) is 2.78. The third-order valence-electron chi connectivity index (χ3n) is 3.36. The van der Waals surface area contributed by atoms with Crippen LogP contribution in [0.25, 0.3) is 11.3 Å². The SMILES string of the molecule is [2H]Cc1sc(Nc2c[c-]ccc2C)nc1-c1ccccc1.[CH-]1CC1.[Y]. The van der Waals surface area contributed by atoms with E-state index in [1.165, 1.54) is 24.2 Å². The van der Waals surface area contributed by atoms with Crippen molar-refractivity contribution in [3.63, 3.8) is 0 Å². The molecular weight excluding hydrogens is 389 g/mol. The molecule has 1 fully saturated rings. The van der Waals surface area contributed by atoms with E-state index in [1.54, 1.807) is 0 Å². The molecule has 1 saturated carbocycles. The van der Waals surface area contributed by atoms with Gasteiger partial charge in [0.1, 0.15) is 0 Å². The van der Waals surface area contributed by atoms with Crippen molar-refractivity contribution >= 4 is 22.2 Å². The van der Waals surface area contributed by atoms with E-state index in [4.69, 9.17) is 1.37 Å². The molecule has 1 N–H and O–H groups in total. The number of aryl methyl sites for hydroxylation is 2. The molecule has 0 aliphatic heterocycles. The second-order valence-corrected chi connectivity index (χ2v) is 6.47. The molecule has 1 heterocycles. The number of hydrogen-bond donors (Lipinski definition) is 1. The van der Waals surface area contributed by atoms with Crippen LogP contribution in [0.2, 0.25) is 0 Å². The van der Waals surface area contributed by atoms with Gasteiger partial charge in [-0.1, -0.05) is 42.9 Å². The van der Waals surface area contributed by atoms with Crippen LogP contribution in [0.5, 0.6) is 0 Å². The van der Waals surface area contributed by atoms with Crippen molar-refractivity contribution in [2.24, 2.45) is 0 Å². The second-order valence-electron chi connectivity index (χ2n) is 5.39. The monoisotopic (exact) mass is 410 g/mol. The van der Waals surface area contributed by atoms with Crippen LogP contribution < -0.4 is 5.32 Å². The normalized spacial score (nSPS) is 12.3. The minimum Gasteiger partial charge on any atom is -0.385 e. The van der Waals surface area contributed by atoms with E-state index in [0.717, 1.165) is 32.5 Å². The Morgan fingerprint density at radius 2 is 2.00 bits per heavy atom. The average Bonchev–Trinajstić information content (AvgIpc) is 3.45. The zero-order valence-electron chi connectivity index (χ0n) is 14.8. The molecule has 24 heavy (non-hydrogen) atoms. The van der Waals surface area contributed by atoms with Gasteiger partial charge in [-0.15, -0.1) is 16.9 Å². The van der Waals surface area contributed by atoms with Gasteiger partial charge in [0, 0.05) is 44.5 Å². The van der Waals surface area contributed by atoms with Crippen molar-refractivity contribution in [3.05, 3.63) is 71.5 Å². The summed E-state index contributed by atoms with van der Waals surface area (Å²) in [5, 5.41) is 4.15. The molecule has 3 aromatic rings. The zero-order valence-corrected chi connectivity index (χ0v) is 17.4. The third kappa shape index (κ3) is 5.51. The summed E-state index contributed by atoms with van der Waals surface area (Å²) >= 11 is 1.53. The third-order valence-corrected chi connectivity index (χ3v) is 4.18. The number of anilines is 2. The number of rotatable bonds is 3. The first-order valence-corrected chi connectivity index (χ1v) is 8.49. The van der Waals surface area contributed by atoms with Crippen LogP contribution in [0.15, 0.2) is 48.5 Å². The Balaban J connectivity index is 0.000000510. The first-order valence-electron chi connectivity index (χ1n) is 8.38. The van der Waals surface area contributed by atoms with Gasteiger partial charge in [0.15, 0.2) is 5.13 Å². The molecule has 0 saturated heterocycles. The predicted molar refractivity (Wildman–Crippen MR) is 99.1 cm³/mol. The summed E-state index contributed by atoms with van der Waals surface area (Å²) in [6, 6.07) is 18.9. The van der Waals surface area contributed by atoms with E-state index in [1.807, 2.05) is 55.5 Å². The number of nitrogens with one attached hydrogen (secondary N) is 1. The van der Waals surface area contributed by atoms with Crippen LogP contribution >= 0.6 is 11.3 Å². The van der Waals surface area contributed by atoms with Gasteiger partial charge >= 0.3 is 0 Å². The molecule has 2 nitrogen and oxygen atoms in total. The van der Waals surface area contributed by atoms with Crippen molar-refractivity contribution in [1.29, 1.82) is 0 Å². The summed E-state index contributed by atoms with van der Waals surface area (Å²) in [6.45, 7) is 2.29. The van der Waals surface area contributed by atoms with E-state index in [-0.39, 0.29) is 39.6 Å². The van der Waals surface area contributed by atoms with E-state index in [9.17, 15) is 0 Å². The molecular formula is C20H20N2SY-2. The molecule has 1 aliphatic rings. The maximum absolute atomic E-state index is 7.71. The molecule has 4 heteroatoms. The van der Waals surface area contributed by atoms with Crippen LogP contribution in [0.3, 0.4) is 0 Å². The van der Waals surface area contributed by atoms with Gasteiger partial charge in [-0.2, -0.15) is 24.3 Å². The Hall–Kier alpha value is -1.03. The van der Waals surface area contributed by atoms with Crippen LogP contribution in [-0.2, 0) is 32.7 Å². The minimum atomic E-state index is 0. The van der Waals surface area contributed by atoms with Gasteiger partial charge < -0.3 is 11.7 Å². The van der Waals surface area contributed by atoms with E-state index >= 15 is 0 Å². The summed E-state index contributed by atoms with van der Waals surface area (Å²) in [5.74, 6) is 0. The molecule has 0 unspecified atom stereocenters. The second kappa shape index (κ2) is 9.46. The molecule has 0 amide bonds. The predicted octanol–water partition coefficient (Wildman–Crippen LogP) is 5.95. The fraction of sp³-hybridized carbons (Fsp3) is 0.200. The standard InChI is InChI=1S/C17H15N2S.C3H5.Y/c1-12-8-6-7-11-15(12)18-17-19-16(13(2)20-17)14-9-4-3-5-10-14;1-2-3-1;/h3-6,8-11H,1-2H3,(H,18,19);1H,2-3H2;/q2*-1;/i2D;;. The smallest absolute Gasteiger partial charge is 0.176 e. The van der Waals surface area contributed by atoms with Gasteiger partial charge in [0.05, 0.1) is 5.69 Å². The Bertz CT molecular complexity index is 785. The Kier molecular flexibility index (Phi) is 7.01. The van der Waals surface area contributed by atoms with Gasteiger partial charge in [-0.25, -0.2) is 17.8 Å². The van der Waals surface area contributed by atoms with Gasteiger partial charge in [0.25, 0.3) is 0 Å².